The Morgan fingerprint density at radius 1 is 0.897 bits per heavy atom. The monoisotopic (exact) mass is 409 g/mol. The van der Waals surface area contributed by atoms with Crippen molar-refractivity contribution in [3.05, 3.63) is 77.9 Å². The first-order valence-corrected chi connectivity index (χ1v) is 11.8. The number of nitrogens with one attached hydrogen (secondary N) is 1. The molecule has 1 saturated heterocycles. The van der Waals surface area contributed by atoms with Crippen LogP contribution in [0.2, 0.25) is 0 Å². The summed E-state index contributed by atoms with van der Waals surface area (Å²) in [5, 5.41) is 2.55. The summed E-state index contributed by atoms with van der Waals surface area (Å²) in [5.74, 6) is 0.396. The molecule has 0 aromatic heterocycles. The van der Waals surface area contributed by atoms with Gasteiger partial charge < -0.3 is 4.90 Å². The van der Waals surface area contributed by atoms with Crippen LogP contribution < -0.4 is 4.90 Å². The normalized spacial score (nSPS) is 16.5. The second-order valence-electron chi connectivity index (χ2n) is 8.19. The van der Waals surface area contributed by atoms with Crippen molar-refractivity contribution >= 4 is 20.8 Å². The highest BCUT2D eigenvalue weighted by Gasteiger charge is 2.30. The maximum atomic E-state index is 13.0. The van der Waals surface area contributed by atoms with Crippen molar-refractivity contribution in [1.82, 2.24) is 4.31 Å². The summed E-state index contributed by atoms with van der Waals surface area (Å²) < 4.78 is 27.7. The van der Waals surface area contributed by atoms with E-state index in [1.807, 2.05) is 12.1 Å². The molecule has 29 heavy (non-hydrogen) atoms. The third-order valence-corrected chi connectivity index (χ3v) is 7.85. The first-order valence-electron chi connectivity index (χ1n) is 10.4. The summed E-state index contributed by atoms with van der Waals surface area (Å²) in [4.78, 5) is 1.84. The lowest BCUT2D eigenvalue weighted by Crippen LogP contribution is -3.13. The van der Waals surface area contributed by atoms with Crippen molar-refractivity contribution in [2.24, 2.45) is 0 Å². The molecular formula is C24H29N2O2S+. The lowest BCUT2D eigenvalue weighted by Gasteiger charge is -2.31. The lowest BCUT2D eigenvalue weighted by molar-refractivity contribution is -0.917. The number of piperazine rings is 1. The van der Waals surface area contributed by atoms with Gasteiger partial charge in [0.15, 0.2) is 0 Å². The molecule has 4 nitrogen and oxygen atoms in total. The molecule has 1 fully saturated rings. The van der Waals surface area contributed by atoms with Crippen LogP contribution in [0.5, 0.6) is 0 Å². The molecule has 1 aliphatic heterocycles. The number of quaternary nitrogens is 1. The average molecular weight is 410 g/mol. The zero-order valence-corrected chi connectivity index (χ0v) is 18.0. The van der Waals surface area contributed by atoms with Gasteiger partial charge in [-0.3, -0.25) is 0 Å². The molecule has 0 unspecified atom stereocenters. The maximum absolute atomic E-state index is 13.0. The third-order valence-electron chi connectivity index (χ3n) is 5.93. The van der Waals surface area contributed by atoms with Gasteiger partial charge >= 0.3 is 0 Å². The number of fused-ring (bicyclic) bond motifs is 1. The largest absolute Gasteiger partial charge is 0.329 e. The van der Waals surface area contributed by atoms with Crippen LogP contribution in [-0.2, 0) is 16.6 Å². The minimum Gasteiger partial charge on any atom is -0.329 e. The molecule has 0 amide bonds. The third kappa shape index (κ3) is 4.22. The van der Waals surface area contributed by atoms with E-state index in [2.05, 4.69) is 56.3 Å². The van der Waals surface area contributed by atoms with E-state index in [1.165, 1.54) is 21.2 Å². The van der Waals surface area contributed by atoms with E-state index in [0.29, 0.717) is 23.9 Å². The highest BCUT2D eigenvalue weighted by molar-refractivity contribution is 7.89. The van der Waals surface area contributed by atoms with Crippen molar-refractivity contribution in [3.63, 3.8) is 0 Å². The van der Waals surface area contributed by atoms with Crippen LogP contribution in [-0.4, -0.2) is 38.9 Å². The van der Waals surface area contributed by atoms with E-state index < -0.39 is 10.0 Å². The predicted molar refractivity (Wildman–Crippen MR) is 118 cm³/mol. The van der Waals surface area contributed by atoms with Gasteiger partial charge in [-0.25, -0.2) is 8.42 Å². The van der Waals surface area contributed by atoms with E-state index in [1.54, 1.807) is 16.4 Å². The fourth-order valence-electron chi connectivity index (χ4n) is 4.11. The standard InChI is InChI=1S/C24H28N2O2S/c1-19(2)20-10-12-23(13-11-20)29(27,28)26-16-14-25(15-17-26)18-22-8-5-7-21-6-3-4-9-24(21)22/h3-13,19H,14-18H2,1-2H3/p+1. The minimum atomic E-state index is -3.42. The van der Waals surface area contributed by atoms with Crippen LogP contribution in [0, 0.1) is 0 Å². The summed E-state index contributed by atoms with van der Waals surface area (Å²) in [7, 11) is -3.42. The number of benzene rings is 3. The van der Waals surface area contributed by atoms with Gasteiger partial charge in [-0.05, 0) is 34.4 Å². The molecule has 0 aliphatic carbocycles. The predicted octanol–water partition coefficient (Wildman–Crippen LogP) is 3.05. The number of hydrogen-bond acceptors (Lipinski definition) is 2. The fraction of sp³-hybridized carbons (Fsp3) is 0.333. The van der Waals surface area contributed by atoms with Crippen LogP contribution in [0.25, 0.3) is 10.8 Å². The van der Waals surface area contributed by atoms with Crippen molar-refractivity contribution in [2.75, 3.05) is 26.2 Å². The summed E-state index contributed by atoms with van der Waals surface area (Å²) in [5.41, 5.74) is 2.49. The molecule has 1 N–H and O–H groups in total. The quantitative estimate of drug-likeness (QED) is 0.704. The molecule has 0 saturated carbocycles. The number of nitrogens with zero attached hydrogens (tertiary/aromatic N) is 1. The van der Waals surface area contributed by atoms with Gasteiger partial charge in [-0.15, -0.1) is 0 Å². The first kappa shape index (κ1) is 20.1. The van der Waals surface area contributed by atoms with Crippen molar-refractivity contribution in [3.8, 4) is 0 Å². The molecule has 0 bridgehead atoms. The summed E-state index contributed by atoms with van der Waals surface area (Å²) >= 11 is 0. The van der Waals surface area contributed by atoms with Gasteiger partial charge in [-0.1, -0.05) is 68.4 Å². The van der Waals surface area contributed by atoms with Crippen LogP contribution in [0.4, 0.5) is 0 Å². The zero-order chi connectivity index (χ0) is 20.4. The molecule has 1 heterocycles. The van der Waals surface area contributed by atoms with Crippen LogP contribution >= 0.6 is 0 Å². The number of hydrogen-bond donors (Lipinski definition) is 1. The molecule has 0 radical (unpaired) electrons. The van der Waals surface area contributed by atoms with Gasteiger partial charge in [0.1, 0.15) is 6.54 Å². The molecule has 5 heteroatoms. The molecule has 152 valence electrons. The molecule has 1 aliphatic rings. The first-order chi connectivity index (χ1) is 13.9. The average Bonchev–Trinajstić information content (AvgIpc) is 2.74. The Hall–Kier alpha value is -2.21. The molecule has 3 aromatic carbocycles. The van der Waals surface area contributed by atoms with E-state index in [9.17, 15) is 8.42 Å². The van der Waals surface area contributed by atoms with Crippen molar-refractivity contribution in [1.29, 1.82) is 0 Å². The van der Waals surface area contributed by atoms with Crippen LogP contribution in [0.1, 0.15) is 30.9 Å². The highest BCUT2D eigenvalue weighted by atomic mass is 32.2. The zero-order valence-electron chi connectivity index (χ0n) is 17.1. The van der Waals surface area contributed by atoms with Crippen molar-refractivity contribution < 1.29 is 13.3 Å². The van der Waals surface area contributed by atoms with E-state index in [-0.39, 0.29) is 0 Å². The summed E-state index contributed by atoms with van der Waals surface area (Å²) in [6.45, 7) is 7.93. The number of rotatable bonds is 5. The molecule has 0 atom stereocenters. The second-order valence-corrected chi connectivity index (χ2v) is 10.1. The van der Waals surface area contributed by atoms with Gasteiger partial charge in [-0.2, -0.15) is 4.31 Å². The molecular weight excluding hydrogens is 380 g/mol. The van der Waals surface area contributed by atoms with Crippen LogP contribution in [0.3, 0.4) is 0 Å². The molecule has 0 spiro atoms. The van der Waals surface area contributed by atoms with Gasteiger partial charge in [0.25, 0.3) is 0 Å². The lowest BCUT2D eigenvalue weighted by atomic mass is 10.0. The Balaban J connectivity index is 1.43. The SMILES string of the molecule is CC(C)c1ccc(S(=O)(=O)N2CC[NH+](Cc3cccc4ccccc34)CC2)cc1. The Kier molecular flexibility index (Phi) is 5.72. The van der Waals surface area contributed by atoms with E-state index in [0.717, 1.165) is 25.2 Å². The smallest absolute Gasteiger partial charge is 0.243 e. The second kappa shape index (κ2) is 8.27. The Bertz CT molecular complexity index is 1080. The molecule has 4 rings (SSSR count). The topological polar surface area (TPSA) is 41.8 Å². The molecule has 3 aromatic rings. The van der Waals surface area contributed by atoms with Crippen molar-refractivity contribution in [2.45, 2.75) is 31.2 Å². The van der Waals surface area contributed by atoms with Gasteiger partial charge in [0.05, 0.1) is 31.1 Å². The van der Waals surface area contributed by atoms with E-state index in [4.69, 9.17) is 0 Å². The maximum Gasteiger partial charge on any atom is 0.243 e. The van der Waals surface area contributed by atoms with Gasteiger partial charge in [0, 0.05) is 5.56 Å². The summed E-state index contributed by atoms with van der Waals surface area (Å²) in [6, 6.07) is 22.3. The van der Waals surface area contributed by atoms with Crippen LogP contribution in [0.15, 0.2) is 71.6 Å². The Labute approximate surface area is 173 Å². The summed E-state index contributed by atoms with van der Waals surface area (Å²) in [6.07, 6.45) is 0. The fourth-order valence-corrected chi connectivity index (χ4v) is 5.55. The number of sulfonamides is 1. The van der Waals surface area contributed by atoms with E-state index >= 15 is 0 Å². The minimum absolute atomic E-state index is 0.396. The highest BCUT2D eigenvalue weighted by Crippen LogP contribution is 2.21. The van der Waals surface area contributed by atoms with Gasteiger partial charge in [0.2, 0.25) is 10.0 Å². The Morgan fingerprint density at radius 3 is 2.24 bits per heavy atom. The Morgan fingerprint density at radius 2 is 1.55 bits per heavy atom.